The molecule has 74 valence electrons. The summed E-state index contributed by atoms with van der Waals surface area (Å²) >= 11 is 0. The lowest BCUT2D eigenvalue weighted by Crippen LogP contribution is -1.87. The third-order valence-electron chi connectivity index (χ3n) is 2.39. The van der Waals surface area contributed by atoms with Gasteiger partial charge in [-0.1, -0.05) is 42.8 Å². The highest BCUT2D eigenvalue weighted by Gasteiger charge is 2.04. The van der Waals surface area contributed by atoms with Gasteiger partial charge in [-0.2, -0.15) is 0 Å². The van der Waals surface area contributed by atoms with Crippen LogP contribution in [0.5, 0.6) is 0 Å². The van der Waals surface area contributed by atoms with Crippen molar-refractivity contribution in [1.29, 1.82) is 0 Å². The minimum absolute atomic E-state index is 0.921. The minimum Gasteiger partial charge on any atom is -0.120 e. The molecule has 0 bridgehead atoms. The fourth-order valence-electron chi connectivity index (χ4n) is 1.35. The highest BCUT2D eigenvalue weighted by atomic mass is 14.1. The van der Waals surface area contributed by atoms with Crippen molar-refractivity contribution in [3.8, 4) is 12.3 Å². The summed E-state index contributed by atoms with van der Waals surface area (Å²) in [5.74, 6) is 2.64. The lowest BCUT2D eigenvalue weighted by Gasteiger charge is -2.06. The molecule has 0 atom stereocenters. The molecular formula is C15H14. The maximum atomic E-state index is 5.37. The van der Waals surface area contributed by atoms with Crippen LogP contribution in [-0.4, -0.2) is 0 Å². The van der Waals surface area contributed by atoms with Gasteiger partial charge in [0, 0.05) is 11.1 Å². The number of terminal acetylenes is 1. The smallest absolute Gasteiger partial charge is 0.0269 e. The SMILES string of the molecule is C#C/C(C)=C(\C)C(=C=C)c1ccccc1. The minimum atomic E-state index is 0.921. The van der Waals surface area contributed by atoms with E-state index >= 15 is 0 Å². The fraction of sp³-hybridized carbons (Fsp3) is 0.133. The van der Waals surface area contributed by atoms with Crippen LogP contribution in [0.3, 0.4) is 0 Å². The van der Waals surface area contributed by atoms with E-state index < -0.39 is 0 Å². The van der Waals surface area contributed by atoms with Crippen molar-refractivity contribution in [3.05, 3.63) is 59.4 Å². The molecule has 0 saturated carbocycles. The molecular weight excluding hydrogens is 180 g/mol. The Morgan fingerprint density at radius 1 is 1.20 bits per heavy atom. The molecule has 0 aliphatic rings. The first kappa shape index (κ1) is 11.1. The van der Waals surface area contributed by atoms with Crippen LogP contribution >= 0.6 is 0 Å². The Bertz CT molecular complexity index is 461. The first-order valence-electron chi connectivity index (χ1n) is 4.80. The molecule has 0 heterocycles. The summed E-state index contributed by atoms with van der Waals surface area (Å²) in [5.41, 5.74) is 7.00. The van der Waals surface area contributed by atoms with Gasteiger partial charge in [-0.15, -0.1) is 12.2 Å². The van der Waals surface area contributed by atoms with E-state index in [1.807, 2.05) is 44.2 Å². The van der Waals surface area contributed by atoms with Crippen LogP contribution in [0.4, 0.5) is 0 Å². The second-order valence-electron chi connectivity index (χ2n) is 3.31. The van der Waals surface area contributed by atoms with Crippen molar-refractivity contribution in [1.82, 2.24) is 0 Å². The van der Waals surface area contributed by atoms with Gasteiger partial charge in [0.15, 0.2) is 0 Å². The molecule has 1 rings (SSSR count). The molecule has 15 heavy (non-hydrogen) atoms. The second kappa shape index (κ2) is 5.05. The van der Waals surface area contributed by atoms with E-state index in [9.17, 15) is 0 Å². The largest absolute Gasteiger partial charge is 0.120 e. The van der Waals surface area contributed by atoms with Crippen molar-refractivity contribution < 1.29 is 0 Å². The van der Waals surface area contributed by atoms with E-state index in [2.05, 4.69) is 18.2 Å². The zero-order valence-electron chi connectivity index (χ0n) is 9.17. The van der Waals surface area contributed by atoms with Crippen LogP contribution in [0.1, 0.15) is 19.4 Å². The summed E-state index contributed by atoms with van der Waals surface area (Å²) in [6.45, 7) is 7.63. The van der Waals surface area contributed by atoms with Gasteiger partial charge in [0.1, 0.15) is 0 Å². The molecule has 0 spiro atoms. The maximum absolute atomic E-state index is 5.37. The van der Waals surface area contributed by atoms with E-state index in [0.29, 0.717) is 0 Å². The summed E-state index contributed by atoms with van der Waals surface area (Å²) in [7, 11) is 0. The highest BCUT2D eigenvalue weighted by molar-refractivity contribution is 5.79. The molecule has 0 saturated heterocycles. The molecule has 0 aliphatic heterocycles. The summed E-state index contributed by atoms with van der Waals surface area (Å²) in [5, 5.41) is 0. The predicted octanol–water partition coefficient (Wildman–Crippen LogP) is 3.82. The average Bonchev–Trinajstić information content (AvgIpc) is 2.30. The van der Waals surface area contributed by atoms with E-state index in [-0.39, 0.29) is 0 Å². The van der Waals surface area contributed by atoms with Gasteiger partial charge in [0.2, 0.25) is 0 Å². The van der Waals surface area contributed by atoms with Crippen molar-refractivity contribution in [2.24, 2.45) is 0 Å². The number of hydrogen-bond acceptors (Lipinski definition) is 0. The molecule has 0 aliphatic carbocycles. The molecule has 0 radical (unpaired) electrons. The van der Waals surface area contributed by atoms with Gasteiger partial charge in [-0.05, 0) is 25.0 Å². The average molecular weight is 194 g/mol. The lowest BCUT2D eigenvalue weighted by atomic mass is 9.97. The molecule has 0 nitrogen and oxygen atoms in total. The van der Waals surface area contributed by atoms with E-state index in [4.69, 9.17) is 6.42 Å². The Labute approximate surface area is 91.6 Å². The van der Waals surface area contributed by atoms with Crippen LogP contribution in [0.25, 0.3) is 5.57 Å². The molecule has 0 N–H and O–H groups in total. The summed E-state index contributed by atoms with van der Waals surface area (Å²) < 4.78 is 0. The quantitative estimate of drug-likeness (QED) is 0.381. The lowest BCUT2D eigenvalue weighted by molar-refractivity contribution is 1.40. The van der Waals surface area contributed by atoms with Crippen LogP contribution in [-0.2, 0) is 0 Å². The van der Waals surface area contributed by atoms with Crippen molar-refractivity contribution >= 4 is 5.57 Å². The molecule has 0 heteroatoms. The Kier molecular flexibility index (Phi) is 3.75. The summed E-state index contributed by atoms with van der Waals surface area (Å²) in [6, 6.07) is 10.0. The number of benzene rings is 1. The Morgan fingerprint density at radius 2 is 1.80 bits per heavy atom. The van der Waals surface area contributed by atoms with Crippen molar-refractivity contribution in [2.45, 2.75) is 13.8 Å². The zero-order chi connectivity index (χ0) is 11.3. The van der Waals surface area contributed by atoms with Gasteiger partial charge in [-0.3, -0.25) is 0 Å². The molecule has 1 aromatic rings. The van der Waals surface area contributed by atoms with Crippen LogP contribution in [0.2, 0.25) is 0 Å². The zero-order valence-corrected chi connectivity index (χ0v) is 9.17. The first-order chi connectivity index (χ1) is 7.20. The summed E-state index contributed by atoms with van der Waals surface area (Å²) in [4.78, 5) is 0. The van der Waals surface area contributed by atoms with Crippen LogP contribution in [0.15, 0.2) is 53.8 Å². The first-order valence-corrected chi connectivity index (χ1v) is 4.80. The molecule has 1 aromatic carbocycles. The normalized spacial score (nSPS) is 11.0. The van der Waals surface area contributed by atoms with Crippen molar-refractivity contribution in [2.75, 3.05) is 0 Å². The second-order valence-corrected chi connectivity index (χ2v) is 3.31. The fourth-order valence-corrected chi connectivity index (χ4v) is 1.35. The monoisotopic (exact) mass is 194 g/mol. The molecule has 0 aromatic heterocycles. The van der Waals surface area contributed by atoms with E-state index in [1.54, 1.807) is 0 Å². The van der Waals surface area contributed by atoms with Gasteiger partial charge in [0.25, 0.3) is 0 Å². The van der Waals surface area contributed by atoms with E-state index in [0.717, 1.165) is 22.3 Å². The third kappa shape index (κ3) is 2.50. The Hall–Kier alpha value is -1.96. The summed E-state index contributed by atoms with van der Waals surface area (Å²) in [6.07, 6.45) is 5.37. The third-order valence-corrected chi connectivity index (χ3v) is 2.39. The number of rotatable bonds is 2. The molecule has 0 unspecified atom stereocenters. The van der Waals surface area contributed by atoms with Crippen molar-refractivity contribution in [3.63, 3.8) is 0 Å². The Balaban J connectivity index is 3.27. The number of allylic oxidation sites excluding steroid dienone is 3. The Morgan fingerprint density at radius 3 is 2.27 bits per heavy atom. The molecule has 0 fully saturated rings. The van der Waals surface area contributed by atoms with E-state index in [1.165, 1.54) is 0 Å². The van der Waals surface area contributed by atoms with Crippen LogP contribution < -0.4 is 0 Å². The topological polar surface area (TPSA) is 0 Å². The van der Waals surface area contributed by atoms with Gasteiger partial charge < -0.3 is 0 Å². The van der Waals surface area contributed by atoms with Crippen LogP contribution in [0, 0.1) is 12.3 Å². The highest BCUT2D eigenvalue weighted by Crippen LogP contribution is 2.23. The standard InChI is InChI=1S/C15H14/c1-5-12(3)13(4)15(6-2)14-10-8-7-9-11-14/h1,7-11H,2H2,3-4H3/b13-12+. The number of hydrogen-bond donors (Lipinski definition) is 0. The molecule has 0 amide bonds. The van der Waals surface area contributed by atoms with Gasteiger partial charge in [-0.25, -0.2) is 0 Å². The predicted molar refractivity (Wildman–Crippen MR) is 66.2 cm³/mol. The maximum Gasteiger partial charge on any atom is 0.0269 e. The van der Waals surface area contributed by atoms with Gasteiger partial charge in [0.05, 0.1) is 0 Å². The van der Waals surface area contributed by atoms with Gasteiger partial charge >= 0.3 is 0 Å².